The van der Waals surface area contributed by atoms with Gasteiger partial charge in [-0.25, -0.2) is 0 Å². The third-order valence-corrected chi connectivity index (χ3v) is 2.32. The van der Waals surface area contributed by atoms with Gasteiger partial charge in [0.25, 0.3) is 0 Å². The van der Waals surface area contributed by atoms with Crippen LogP contribution in [0.15, 0.2) is 24.1 Å². The maximum atomic E-state index is 5.78. The molecule has 0 bridgehead atoms. The van der Waals surface area contributed by atoms with Crippen molar-refractivity contribution in [3.05, 3.63) is 24.1 Å². The Morgan fingerprint density at radius 2 is 2.46 bits per heavy atom. The molecule has 1 unspecified atom stereocenters. The van der Waals surface area contributed by atoms with Crippen molar-refractivity contribution < 1.29 is 4.74 Å². The second-order valence-corrected chi connectivity index (χ2v) is 3.44. The molecule has 0 spiro atoms. The van der Waals surface area contributed by atoms with E-state index < -0.39 is 0 Å². The average Bonchev–Trinajstić information content (AvgIpc) is 2.21. The SMILES string of the molecule is C1=CC(OC2CCCNC2)=CNC1. The fraction of sp³-hybridized carbons (Fsp3) is 0.600. The van der Waals surface area contributed by atoms with Crippen LogP contribution in [0.5, 0.6) is 0 Å². The van der Waals surface area contributed by atoms with Crippen LogP contribution in [0.2, 0.25) is 0 Å². The zero-order valence-electron chi connectivity index (χ0n) is 7.75. The Hall–Kier alpha value is -0.960. The van der Waals surface area contributed by atoms with Gasteiger partial charge in [0.05, 0.1) is 0 Å². The van der Waals surface area contributed by atoms with E-state index in [0.29, 0.717) is 6.10 Å². The van der Waals surface area contributed by atoms with Crippen molar-refractivity contribution >= 4 is 0 Å². The lowest BCUT2D eigenvalue weighted by atomic mass is 10.1. The fourth-order valence-corrected chi connectivity index (χ4v) is 1.64. The molecule has 0 amide bonds. The molecule has 0 aromatic rings. The Morgan fingerprint density at radius 3 is 3.15 bits per heavy atom. The molecule has 0 radical (unpaired) electrons. The van der Waals surface area contributed by atoms with E-state index in [1.807, 2.05) is 12.3 Å². The van der Waals surface area contributed by atoms with Crippen molar-refractivity contribution in [1.29, 1.82) is 0 Å². The predicted molar refractivity (Wildman–Crippen MR) is 52.2 cm³/mol. The van der Waals surface area contributed by atoms with Gasteiger partial charge in [-0.3, -0.25) is 0 Å². The third kappa shape index (κ3) is 2.49. The minimum atomic E-state index is 0.351. The molecule has 0 aromatic heterocycles. The minimum absolute atomic E-state index is 0.351. The van der Waals surface area contributed by atoms with Crippen molar-refractivity contribution in [2.75, 3.05) is 19.6 Å². The number of dihydropyridines is 1. The number of allylic oxidation sites excluding steroid dienone is 1. The van der Waals surface area contributed by atoms with Gasteiger partial charge in [-0.15, -0.1) is 0 Å². The lowest BCUT2D eigenvalue weighted by Gasteiger charge is -2.25. The summed E-state index contributed by atoms with van der Waals surface area (Å²) < 4.78 is 5.78. The van der Waals surface area contributed by atoms with Gasteiger partial charge < -0.3 is 15.4 Å². The maximum Gasteiger partial charge on any atom is 0.135 e. The van der Waals surface area contributed by atoms with Gasteiger partial charge in [0.15, 0.2) is 0 Å². The fourth-order valence-electron chi connectivity index (χ4n) is 1.64. The summed E-state index contributed by atoms with van der Waals surface area (Å²) in [7, 11) is 0. The molecular formula is C10H16N2O. The van der Waals surface area contributed by atoms with E-state index in [2.05, 4.69) is 16.7 Å². The molecule has 0 aliphatic carbocycles. The zero-order chi connectivity index (χ0) is 8.93. The van der Waals surface area contributed by atoms with Crippen LogP contribution < -0.4 is 10.6 Å². The topological polar surface area (TPSA) is 33.3 Å². The molecule has 2 aliphatic heterocycles. The van der Waals surface area contributed by atoms with E-state index >= 15 is 0 Å². The Bertz CT molecular complexity index is 217. The van der Waals surface area contributed by atoms with E-state index in [4.69, 9.17) is 4.74 Å². The largest absolute Gasteiger partial charge is 0.488 e. The quantitative estimate of drug-likeness (QED) is 0.658. The van der Waals surface area contributed by atoms with E-state index in [1.165, 1.54) is 6.42 Å². The third-order valence-electron chi connectivity index (χ3n) is 2.32. The molecule has 0 aromatic carbocycles. The van der Waals surface area contributed by atoms with Crippen LogP contribution in [0, 0.1) is 0 Å². The first kappa shape index (κ1) is 8.63. The summed E-state index contributed by atoms with van der Waals surface area (Å²) in [6.07, 6.45) is 8.78. The van der Waals surface area contributed by atoms with Gasteiger partial charge in [0.1, 0.15) is 11.9 Å². The van der Waals surface area contributed by atoms with E-state index in [-0.39, 0.29) is 0 Å². The highest BCUT2D eigenvalue weighted by Gasteiger charge is 2.14. The molecule has 72 valence electrons. The van der Waals surface area contributed by atoms with Gasteiger partial charge >= 0.3 is 0 Å². The van der Waals surface area contributed by atoms with Crippen molar-refractivity contribution in [2.45, 2.75) is 18.9 Å². The molecule has 2 heterocycles. The van der Waals surface area contributed by atoms with Crippen LogP contribution in [0.4, 0.5) is 0 Å². The van der Waals surface area contributed by atoms with Crippen LogP contribution >= 0.6 is 0 Å². The van der Waals surface area contributed by atoms with Crippen molar-refractivity contribution in [3.63, 3.8) is 0 Å². The summed E-state index contributed by atoms with van der Waals surface area (Å²) >= 11 is 0. The first-order valence-corrected chi connectivity index (χ1v) is 4.92. The normalized spacial score (nSPS) is 27.7. The second-order valence-electron chi connectivity index (χ2n) is 3.44. The molecule has 0 saturated carbocycles. The highest BCUT2D eigenvalue weighted by molar-refractivity contribution is 5.16. The van der Waals surface area contributed by atoms with Crippen molar-refractivity contribution in [1.82, 2.24) is 10.6 Å². The molecule has 3 nitrogen and oxygen atoms in total. The standard InChI is InChI=1S/C10H16N2O/c1-3-9(7-11-5-1)13-10-4-2-6-12-8-10/h1,3,7,10-12H,2,4-6,8H2. The summed E-state index contributed by atoms with van der Waals surface area (Å²) in [4.78, 5) is 0. The van der Waals surface area contributed by atoms with Gasteiger partial charge in [-0.2, -0.15) is 0 Å². The lowest BCUT2D eigenvalue weighted by molar-refractivity contribution is 0.0990. The molecule has 2 aliphatic rings. The second kappa shape index (κ2) is 4.33. The van der Waals surface area contributed by atoms with Crippen LogP contribution in [0.25, 0.3) is 0 Å². The Labute approximate surface area is 78.8 Å². The summed E-state index contributed by atoms with van der Waals surface area (Å²) in [6.45, 7) is 3.02. The van der Waals surface area contributed by atoms with Gasteiger partial charge in [-0.05, 0) is 25.5 Å². The van der Waals surface area contributed by atoms with Gasteiger partial charge in [-0.1, -0.05) is 6.08 Å². The molecule has 1 fully saturated rings. The van der Waals surface area contributed by atoms with E-state index in [0.717, 1.165) is 31.8 Å². The highest BCUT2D eigenvalue weighted by atomic mass is 16.5. The minimum Gasteiger partial charge on any atom is -0.488 e. The number of ether oxygens (including phenoxy) is 1. The molecule has 2 rings (SSSR count). The first-order chi connectivity index (χ1) is 6.45. The summed E-state index contributed by atoms with van der Waals surface area (Å²) in [5.74, 6) is 0.958. The highest BCUT2D eigenvalue weighted by Crippen LogP contribution is 2.12. The van der Waals surface area contributed by atoms with Crippen molar-refractivity contribution in [2.24, 2.45) is 0 Å². The monoisotopic (exact) mass is 180 g/mol. The number of rotatable bonds is 2. The number of hydrogen-bond acceptors (Lipinski definition) is 3. The Kier molecular flexibility index (Phi) is 2.87. The van der Waals surface area contributed by atoms with Crippen LogP contribution in [-0.4, -0.2) is 25.7 Å². The molecule has 1 saturated heterocycles. The van der Waals surface area contributed by atoms with Crippen LogP contribution in [0.3, 0.4) is 0 Å². The maximum absolute atomic E-state index is 5.78. The van der Waals surface area contributed by atoms with E-state index in [9.17, 15) is 0 Å². The predicted octanol–water partition coefficient (Wildman–Crippen LogP) is 0.756. The molecule has 1 atom stereocenters. The van der Waals surface area contributed by atoms with Crippen molar-refractivity contribution in [3.8, 4) is 0 Å². The molecule has 2 N–H and O–H groups in total. The van der Waals surface area contributed by atoms with E-state index in [1.54, 1.807) is 0 Å². The first-order valence-electron chi connectivity index (χ1n) is 4.92. The average molecular weight is 180 g/mol. The molecule has 3 heteroatoms. The summed E-state index contributed by atoms with van der Waals surface area (Å²) in [5, 5.41) is 6.46. The smallest absolute Gasteiger partial charge is 0.135 e. The molecule has 13 heavy (non-hydrogen) atoms. The summed E-state index contributed by atoms with van der Waals surface area (Å²) in [6, 6.07) is 0. The lowest BCUT2D eigenvalue weighted by Crippen LogP contribution is -2.35. The number of nitrogens with one attached hydrogen (secondary N) is 2. The van der Waals surface area contributed by atoms with Crippen LogP contribution in [-0.2, 0) is 4.74 Å². The zero-order valence-corrected chi connectivity index (χ0v) is 7.75. The Morgan fingerprint density at radius 1 is 1.46 bits per heavy atom. The molecular weight excluding hydrogens is 164 g/mol. The summed E-state index contributed by atoms with van der Waals surface area (Å²) in [5.41, 5.74) is 0. The van der Waals surface area contributed by atoms with Gasteiger partial charge in [0, 0.05) is 19.3 Å². The number of hydrogen-bond donors (Lipinski definition) is 2. The van der Waals surface area contributed by atoms with Crippen LogP contribution in [0.1, 0.15) is 12.8 Å². The number of piperidine rings is 1. The Balaban J connectivity index is 1.82. The van der Waals surface area contributed by atoms with Gasteiger partial charge in [0.2, 0.25) is 0 Å².